The van der Waals surface area contributed by atoms with Gasteiger partial charge >= 0.3 is 0 Å². The number of carbonyl (C=O) groups excluding carboxylic acids is 1. The maximum absolute atomic E-state index is 13.4. The molecule has 0 radical (unpaired) electrons. The molecule has 0 aliphatic carbocycles. The highest BCUT2D eigenvalue weighted by Crippen LogP contribution is 2.39. The van der Waals surface area contributed by atoms with Crippen molar-refractivity contribution in [1.29, 1.82) is 0 Å². The van der Waals surface area contributed by atoms with Crippen LogP contribution in [0.3, 0.4) is 0 Å². The number of likely N-dealkylation sites (N-methyl/N-ethyl adjacent to an activating group) is 1. The Morgan fingerprint density at radius 2 is 2.00 bits per heavy atom. The van der Waals surface area contributed by atoms with Crippen molar-refractivity contribution >= 4 is 17.4 Å². The Kier molecular flexibility index (Phi) is 6.67. The smallest absolute Gasteiger partial charge is 0.236 e. The number of aromatic nitrogens is 3. The van der Waals surface area contributed by atoms with E-state index in [4.69, 9.17) is 0 Å². The molecule has 1 saturated heterocycles. The summed E-state index contributed by atoms with van der Waals surface area (Å²) in [5.41, 5.74) is 2.93. The first-order valence-electron chi connectivity index (χ1n) is 10.4. The average Bonchev–Trinajstić information content (AvgIpc) is 3.45. The van der Waals surface area contributed by atoms with Crippen molar-refractivity contribution in [3.63, 3.8) is 0 Å². The largest absolute Gasteiger partial charge is 0.340 e. The van der Waals surface area contributed by atoms with E-state index in [1.165, 1.54) is 23.7 Å². The second-order valence-corrected chi connectivity index (χ2v) is 8.79. The molecule has 162 valence electrons. The van der Waals surface area contributed by atoms with Gasteiger partial charge in [-0.05, 0) is 55.3 Å². The van der Waals surface area contributed by atoms with Gasteiger partial charge < -0.3 is 4.90 Å². The summed E-state index contributed by atoms with van der Waals surface area (Å²) in [5, 5.41) is 6.20. The van der Waals surface area contributed by atoms with E-state index in [1.807, 2.05) is 47.7 Å². The topological polar surface area (TPSA) is 62.2 Å². The summed E-state index contributed by atoms with van der Waals surface area (Å²) in [6.45, 7) is 3.63. The third-order valence-corrected chi connectivity index (χ3v) is 6.62. The van der Waals surface area contributed by atoms with E-state index < -0.39 is 0 Å². The van der Waals surface area contributed by atoms with E-state index in [0.29, 0.717) is 19.6 Å². The van der Waals surface area contributed by atoms with Crippen LogP contribution >= 0.6 is 11.5 Å². The molecule has 3 heterocycles. The maximum Gasteiger partial charge on any atom is 0.236 e. The molecule has 0 spiro atoms. The van der Waals surface area contributed by atoms with Gasteiger partial charge in [0.05, 0.1) is 12.2 Å². The van der Waals surface area contributed by atoms with Crippen LogP contribution in [0.15, 0.2) is 54.0 Å². The Morgan fingerprint density at radius 1 is 1.23 bits per heavy atom. The molecular weight excluding hydrogens is 413 g/mol. The van der Waals surface area contributed by atoms with Crippen LogP contribution in [0.5, 0.6) is 0 Å². The first-order valence-corrected chi connectivity index (χ1v) is 11.2. The Balaban J connectivity index is 1.43. The number of pyridine rings is 1. The van der Waals surface area contributed by atoms with Gasteiger partial charge in [-0.2, -0.15) is 0 Å². The zero-order chi connectivity index (χ0) is 21.8. The number of carbonyl (C=O) groups is 1. The fourth-order valence-electron chi connectivity index (χ4n) is 4.13. The molecule has 1 aromatic carbocycles. The minimum absolute atomic E-state index is 0.0596. The van der Waals surface area contributed by atoms with Crippen LogP contribution < -0.4 is 0 Å². The van der Waals surface area contributed by atoms with E-state index in [1.54, 1.807) is 6.20 Å². The quantitative estimate of drug-likeness (QED) is 0.565. The number of likely N-dealkylation sites (tertiary alicyclic amines) is 1. The fraction of sp³-hybridized carbons (Fsp3) is 0.391. The van der Waals surface area contributed by atoms with E-state index >= 15 is 0 Å². The van der Waals surface area contributed by atoms with Gasteiger partial charge in [-0.25, -0.2) is 4.39 Å². The summed E-state index contributed by atoms with van der Waals surface area (Å²) in [6.07, 6.45) is 2.58. The van der Waals surface area contributed by atoms with Gasteiger partial charge in [-0.3, -0.25) is 14.7 Å². The van der Waals surface area contributed by atoms with Gasteiger partial charge in [0.2, 0.25) is 5.91 Å². The molecule has 4 rings (SSSR count). The Labute approximate surface area is 185 Å². The number of hydrogen-bond acceptors (Lipinski definition) is 6. The van der Waals surface area contributed by atoms with Crippen LogP contribution in [-0.4, -0.2) is 63.0 Å². The van der Waals surface area contributed by atoms with E-state index in [2.05, 4.69) is 26.4 Å². The molecular formula is C23H26FN5OS. The Hall–Kier alpha value is -2.71. The van der Waals surface area contributed by atoms with Crippen LogP contribution in [-0.2, 0) is 11.2 Å². The SMILES string of the molecule is C[C@@H](Cc1ccccn1)N(C)CC(=O)N1C[C@@H](c2ccc(F)cc2)[C@H](c2csnn2)C1. The zero-order valence-electron chi connectivity index (χ0n) is 17.7. The molecule has 2 aromatic heterocycles. The zero-order valence-corrected chi connectivity index (χ0v) is 18.5. The molecule has 3 atom stereocenters. The third-order valence-electron chi connectivity index (χ3n) is 6.10. The Morgan fingerprint density at radius 3 is 2.68 bits per heavy atom. The molecule has 0 bridgehead atoms. The van der Waals surface area contributed by atoms with E-state index in [0.717, 1.165) is 23.4 Å². The number of rotatable bonds is 7. The van der Waals surface area contributed by atoms with Crippen LogP contribution in [0.1, 0.15) is 35.7 Å². The minimum Gasteiger partial charge on any atom is -0.340 e. The molecule has 0 N–H and O–H groups in total. The van der Waals surface area contributed by atoms with Gasteiger partial charge in [-0.15, -0.1) is 5.10 Å². The van der Waals surface area contributed by atoms with Crippen LogP contribution in [0.4, 0.5) is 4.39 Å². The number of nitrogens with zero attached hydrogens (tertiary/aromatic N) is 5. The molecule has 8 heteroatoms. The van der Waals surface area contributed by atoms with Gasteiger partial charge in [0, 0.05) is 54.7 Å². The van der Waals surface area contributed by atoms with Crippen LogP contribution in [0.25, 0.3) is 0 Å². The second kappa shape index (κ2) is 9.62. The third kappa shape index (κ3) is 5.14. The van der Waals surface area contributed by atoms with Crippen molar-refractivity contribution in [3.8, 4) is 0 Å². The second-order valence-electron chi connectivity index (χ2n) is 8.18. The minimum atomic E-state index is -0.259. The predicted molar refractivity (Wildman–Crippen MR) is 118 cm³/mol. The maximum atomic E-state index is 13.4. The van der Waals surface area contributed by atoms with Crippen LogP contribution in [0.2, 0.25) is 0 Å². The summed E-state index contributed by atoms with van der Waals surface area (Å²) in [7, 11) is 1.97. The van der Waals surface area contributed by atoms with E-state index in [9.17, 15) is 9.18 Å². The Bertz CT molecular complexity index is 983. The molecule has 1 fully saturated rings. The molecule has 1 aliphatic heterocycles. The molecule has 3 aromatic rings. The van der Waals surface area contributed by atoms with Gasteiger partial charge in [0.1, 0.15) is 5.82 Å². The lowest BCUT2D eigenvalue weighted by Gasteiger charge is -2.26. The lowest BCUT2D eigenvalue weighted by atomic mass is 9.87. The van der Waals surface area contributed by atoms with Crippen molar-refractivity contribution in [3.05, 3.63) is 76.8 Å². The summed E-state index contributed by atoms with van der Waals surface area (Å²) >= 11 is 1.31. The molecule has 6 nitrogen and oxygen atoms in total. The summed E-state index contributed by atoms with van der Waals surface area (Å²) in [4.78, 5) is 21.5. The lowest BCUT2D eigenvalue weighted by molar-refractivity contribution is -0.131. The van der Waals surface area contributed by atoms with Gasteiger partial charge in [-0.1, -0.05) is 22.7 Å². The van der Waals surface area contributed by atoms with Crippen molar-refractivity contribution < 1.29 is 9.18 Å². The highest BCUT2D eigenvalue weighted by atomic mass is 32.1. The normalized spacial score (nSPS) is 19.7. The van der Waals surface area contributed by atoms with Crippen molar-refractivity contribution in [1.82, 2.24) is 24.4 Å². The highest BCUT2D eigenvalue weighted by molar-refractivity contribution is 7.03. The first-order chi connectivity index (χ1) is 15.0. The van der Waals surface area contributed by atoms with E-state index in [-0.39, 0.29) is 29.6 Å². The molecule has 1 amide bonds. The lowest BCUT2D eigenvalue weighted by Crippen LogP contribution is -2.42. The summed E-state index contributed by atoms with van der Waals surface area (Å²) in [6, 6.07) is 12.6. The standard InChI is InChI=1S/C23H26FN5OS/c1-16(11-19-5-3-4-10-25-19)28(2)14-23(30)29-12-20(17-6-8-18(24)9-7-17)21(13-29)22-15-31-27-26-22/h3-10,15-16,20-21H,11-14H2,1-2H3/t16-,20-,21+/m0/s1. The fourth-order valence-corrected chi connectivity index (χ4v) is 4.65. The van der Waals surface area contributed by atoms with Crippen molar-refractivity contribution in [2.75, 3.05) is 26.7 Å². The molecule has 0 saturated carbocycles. The number of amides is 1. The summed E-state index contributed by atoms with van der Waals surface area (Å²) in [5.74, 6) is -0.0349. The first kappa shape index (κ1) is 21.5. The monoisotopic (exact) mass is 439 g/mol. The van der Waals surface area contributed by atoms with Crippen molar-refractivity contribution in [2.45, 2.75) is 31.2 Å². The van der Waals surface area contributed by atoms with Crippen molar-refractivity contribution in [2.24, 2.45) is 0 Å². The summed E-state index contributed by atoms with van der Waals surface area (Å²) < 4.78 is 17.4. The van der Waals surface area contributed by atoms with Gasteiger partial charge in [0.15, 0.2) is 0 Å². The molecule has 1 aliphatic rings. The predicted octanol–water partition coefficient (Wildman–Crippen LogP) is 3.34. The highest BCUT2D eigenvalue weighted by Gasteiger charge is 2.38. The molecule has 0 unspecified atom stereocenters. The van der Waals surface area contributed by atoms with Crippen LogP contribution in [0, 0.1) is 5.82 Å². The number of halogens is 1. The molecule has 31 heavy (non-hydrogen) atoms. The average molecular weight is 440 g/mol. The number of hydrogen-bond donors (Lipinski definition) is 0. The number of benzene rings is 1. The van der Waals surface area contributed by atoms with Gasteiger partial charge in [0.25, 0.3) is 0 Å².